The zero-order chi connectivity index (χ0) is 15.9. The topological polar surface area (TPSA) is 50.4 Å². The third kappa shape index (κ3) is 3.76. The van der Waals surface area contributed by atoms with Crippen LogP contribution in [0.15, 0.2) is 0 Å². The first kappa shape index (κ1) is 16.1. The lowest BCUT2D eigenvalue weighted by atomic mass is 9.54. The molecule has 0 aromatic carbocycles. The van der Waals surface area contributed by atoms with Gasteiger partial charge in [0.25, 0.3) is 0 Å². The Labute approximate surface area is 134 Å². The van der Waals surface area contributed by atoms with Crippen LogP contribution in [-0.2, 0) is 4.74 Å². The van der Waals surface area contributed by atoms with E-state index in [2.05, 4.69) is 10.6 Å². The maximum Gasteiger partial charge on any atom is 0.407 e. The Kier molecular flexibility index (Phi) is 4.41. The van der Waals surface area contributed by atoms with E-state index in [0.29, 0.717) is 6.04 Å². The van der Waals surface area contributed by atoms with Crippen LogP contribution in [-0.4, -0.2) is 30.3 Å². The second-order valence-electron chi connectivity index (χ2n) is 8.91. The van der Waals surface area contributed by atoms with Gasteiger partial charge in [0, 0.05) is 18.6 Å². The van der Waals surface area contributed by atoms with Crippen molar-refractivity contribution >= 4 is 6.09 Å². The second-order valence-corrected chi connectivity index (χ2v) is 8.91. The van der Waals surface area contributed by atoms with Gasteiger partial charge in [0.05, 0.1) is 0 Å². The van der Waals surface area contributed by atoms with Gasteiger partial charge in [0.1, 0.15) is 5.60 Å². The van der Waals surface area contributed by atoms with Crippen LogP contribution in [0.4, 0.5) is 4.79 Å². The van der Waals surface area contributed by atoms with E-state index in [1.54, 1.807) is 0 Å². The molecule has 0 heterocycles. The van der Waals surface area contributed by atoms with Crippen molar-refractivity contribution in [2.24, 2.45) is 23.7 Å². The molecule has 0 radical (unpaired) electrons. The molecule has 4 fully saturated rings. The molecule has 22 heavy (non-hydrogen) atoms. The summed E-state index contributed by atoms with van der Waals surface area (Å²) in [4.78, 5) is 11.8. The van der Waals surface area contributed by atoms with Crippen LogP contribution < -0.4 is 10.6 Å². The number of carbonyl (C=O) groups excluding carboxylic acids is 1. The van der Waals surface area contributed by atoms with Crippen molar-refractivity contribution < 1.29 is 9.53 Å². The largest absolute Gasteiger partial charge is 0.444 e. The first-order chi connectivity index (χ1) is 10.3. The van der Waals surface area contributed by atoms with Gasteiger partial charge in [-0.2, -0.15) is 0 Å². The first-order valence-electron chi connectivity index (χ1n) is 9.03. The Morgan fingerprint density at radius 2 is 1.64 bits per heavy atom. The number of hydrogen-bond acceptors (Lipinski definition) is 3. The van der Waals surface area contributed by atoms with E-state index in [1.165, 1.54) is 32.1 Å². The van der Waals surface area contributed by atoms with Crippen LogP contribution in [0.3, 0.4) is 0 Å². The van der Waals surface area contributed by atoms with Crippen LogP contribution in [0.25, 0.3) is 0 Å². The summed E-state index contributed by atoms with van der Waals surface area (Å²) < 4.78 is 5.32. The maximum absolute atomic E-state index is 11.8. The number of alkyl carbamates (subject to hydrolysis) is 1. The van der Waals surface area contributed by atoms with E-state index in [1.807, 2.05) is 27.7 Å². The van der Waals surface area contributed by atoms with Gasteiger partial charge < -0.3 is 15.4 Å². The molecule has 0 saturated heterocycles. The van der Waals surface area contributed by atoms with E-state index in [-0.39, 0.29) is 12.1 Å². The number of amides is 1. The lowest BCUT2D eigenvalue weighted by Gasteiger charge is -2.54. The highest BCUT2D eigenvalue weighted by Crippen LogP contribution is 2.53. The molecule has 4 saturated carbocycles. The molecule has 4 heteroatoms. The Hall–Kier alpha value is -0.770. The molecule has 4 rings (SSSR count). The van der Waals surface area contributed by atoms with Crippen molar-refractivity contribution in [2.75, 3.05) is 6.54 Å². The molecule has 1 unspecified atom stereocenters. The molecule has 1 atom stereocenters. The molecule has 1 amide bonds. The standard InChI is InChI=1S/C18H32N2O2/c1-11(20-17(21)22-18(2,3)4)10-19-16-14-6-12-5-13(8-14)9-15(16)7-12/h11-16,19H,5-10H2,1-4H3,(H,20,21). The minimum atomic E-state index is -0.432. The van der Waals surface area contributed by atoms with Gasteiger partial charge in [0.15, 0.2) is 0 Å². The zero-order valence-corrected chi connectivity index (χ0v) is 14.5. The fourth-order valence-electron chi connectivity index (χ4n) is 5.13. The van der Waals surface area contributed by atoms with Crippen molar-refractivity contribution in [3.8, 4) is 0 Å². The summed E-state index contributed by atoms with van der Waals surface area (Å²) in [5, 5.41) is 6.70. The molecular formula is C18H32N2O2. The van der Waals surface area contributed by atoms with Gasteiger partial charge in [-0.1, -0.05) is 0 Å². The van der Waals surface area contributed by atoms with Gasteiger partial charge in [0.2, 0.25) is 0 Å². The Morgan fingerprint density at radius 3 is 2.14 bits per heavy atom. The average Bonchev–Trinajstić information content (AvgIpc) is 2.34. The summed E-state index contributed by atoms with van der Waals surface area (Å²) in [5.74, 6) is 3.78. The molecule has 4 nitrogen and oxygen atoms in total. The van der Waals surface area contributed by atoms with Crippen LogP contribution in [0.5, 0.6) is 0 Å². The summed E-state index contributed by atoms with van der Waals surface area (Å²) in [6.07, 6.45) is 6.90. The Morgan fingerprint density at radius 1 is 1.09 bits per heavy atom. The third-order valence-corrected chi connectivity index (χ3v) is 5.65. The minimum absolute atomic E-state index is 0.104. The van der Waals surface area contributed by atoms with E-state index in [9.17, 15) is 4.79 Å². The summed E-state index contributed by atoms with van der Waals surface area (Å²) in [5.41, 5.74) is -0.432. The van der Waals surface area contributed by atoms with E-state index < -0.39 is 5.60 Å². The molecule has 4 bridgehead atoms. The normalized spacial score (nSPS) is 37.9. The monoisotopic (exact) mass is 308 g/mol. The lowest BCUT2D eigenvalue weighted by Crippen LogP contribution is -2.56. The Bertz CT molecular complexity index is 388. The molecule has 2 N–H and O–H groups in total. The van der Waals surface area contributed by atoms with Crippen molar-refractivity contribution in [3.05, 3.63) is 0 Å². The average molecular weight is 308 g/mol. The second kappa shape index (κ2) is 6.03. The highest BCUT2D eigenvalue weighted by molar-refractivity contribution is 5.68. The highest BCUT2D eigenvalue weighted by atomic mass is 16.6. The van der Waals surface area contributed by atoms with Crippen molar-refractivity contribution in [1.29, 1.82) is 0 Å². The number of hydrogen-bond donors (Lipinski definition) is 2. The van der Waals surface area contributed by atoms with Crippen LogP contribution in [0, 0.1) is 23.7 Å². The summed E-state index contributed by atoms with van der Waals surface area (Å²) in [7, 11) is 0. The van der Waals surface area contributed by atoms with E-state index >= 15 is 0 Å². The number of carbonyl (C=O) groups is 1. The smallest absolute Gasteiger partial charge is 0.407 e. The predicted octanol–water partition coefficient (Wildman–Crippen LogP) is 3.31. The van der Waals surface area contributed by atoms with E-state index in [4.69, 9.17) is 4.74 Å². The van der Waals surface area contributed by atoms with Crippen molar-refractivity contribution in [1.82, 2.24) is 10.6 Å². The molecule has 4 aliphatic rings. The van der Waals surface area contributed by atoms with Crippen LogP contribution in [0.2, 0.25) is 0 Å². The fraction of sp³-hybridized carbons (Fsp3) is 0.944. The number of rotatable bonds is 4. The van der Waals surface area contributed by atoms with E-state index in [0.717, 1.165) is 30.2 Å². The lowest BCUT2D eigenvalue weighted by molar-refractivity contribution is -0.0142. The molecule has 0 aromatic heterocycles. The molecule has 126 valence electrons. The molecule has 4 aliphatic carbocycles. The molecule has 0 spiro atoms. The fourth-order valence-corrected chi connectivity index (χ4v) is 5.13. The van der Waals surface area contributed by atoms with Crippen molar-refractivity contribution in [3.63, 3.8) is 0 Å². The van der Waals surface area contributed by atoms with Gasteiger partial charge in [-0.3, -0.25) is 0 Å². The SMILES string of the molecule is CC(CNC1C2CC3CC(C2)CC1C3)NC(=O)OC(C)(C)C. The van der Waals surface area contributed by atoms with Gasteiger partial charge >= 0.3 is 6.09 Å². The molecular weight excluding hydrogens is 276 g/mol. The summed E-state index contributed by atoms with van der Waals surface area (Å²) in [6.45, 7) is 8.57. The summed E-state index contributed by atoms with van der Waals surface area (Å²) >= 11 is 0. The first-order valence-corrected chi connectivity index (χ1v) is 9.03. The summed E-state index contributed by atoms with van der Waals surface area (Å²) in [6, 6.07) is 0.780. The number of ether oxygens (including phenoxy) is 1. The third-order valence-electron chi connectivity index (χ3n) is 5.65. The van der Waals surface area contributed by atoms with Crippen molar-refractivity contribution in [2.45, 2.75) is 77.5 Å². The van der Waals surface area contributed by atoms with Crippen LogP contribution in [0.1, 0.15) is 59.8 Å². The van der Waals surface area contributed by atoms with Gasteiger partial charge in [-0.25, -0.2) is 4.79 Å². The maximum atomic E-state index is 11.8. The predicted molar refractivity (Wildman–Crippen MR) is 87.7 cm³/mol. The number of nitrogens with one attached hydrogen (secondary N) is 2. The molecule has 0 aromatic rings. The molecule has 0 aliphatic heterocycles. The van der Waals surface area contributed by atoms with Crippen LogP contribution >= 0.6 is 0 Å². The van der Waals surface area contributed by atoms with Gasteiger partial charge in [-0.05, 0) is 83.5 Å². The van der Waals surface area contributed by atoms with Gasteiger partial charge in [-0.15, -0.1) is 0 Å². The quantitative estimate of drug-likeness (QED) is 0.837. The minimum Gasteiger partial charge on any atom is -0.444 e. The highest BCUT2D eigenvalue weighted by Gasteiger charge is 2.47. The zero-order valence-electron chi connectivity index (χ0n) is 14.5. The Balaban J connectivity index is 1.43.